The number of carbonyl (C=O) groups excluding carboxylic acids is 2. The molecule has 7 nitrogen and oxygen atoms in total. The Labute approximate surface area is 179 Å². The van der Waals surface area contributed by atoms with Gasteiger partial charge in [-0.2, -0.15) is 16.9 Å². The average molecular weight is 422 g/mol. The summed E-state index contributed by atoms with van der Waals surface area (Å²) in [6.45, 7) is 5.28. The van der Waals surface area contributed by atoms with E-state index in [0.717, 1.165) is 30.2 Å². The zero-order valence-corrected chi connectivity index (χ0v) is 17.8. The van der Waals surface area contributed by atoms with Gasteiger partial charge in [0.15, 0.2) is 5.82 Å². The predicted molar refractivity (Wildman–Crippen MR) is 118 cm³/mol. The van der Waals surface area contributed by atoms with E-state index in [1.165, 1.54) is 0 Å². The predicted octanol–water partition coefficient (Wildman–Crippen LogP) is 3.33. The third-order valence-electron chi connectivity index (χ3n) is 5.14. The highest BCUT2D eigenvalue weighted by Gasteiger charge is 2.20. The zero-order valence-electron chi connectivity index (χ0n) is 17.0. The lowest BCUT2D eigenvalue weighted by Gasteiger charge is -2.26. The normalized spacial score (nSPS) is 13.9. The van der Waals surface area contributed by atoms with Gasteiger partial charge in [-0.25, -0.2) is 9.67 Å². The highest BCUT2D eigenvalue weighted by molar-refractivity contribution is 7.99. The number of nitrogens with zero attached hydrogens (tertiary/aromatic N) is 4. The van der Waals surface area contributed by atoms with Crippen LogP contribution in [-0.4, -0.2) is 56.1 Å². The smallest absolute Gasteiger partial charge is 0.259 e. The largest absolute Gasteiger partial charge is 0.337 e. The number of pyridine rings is 1. The van der Waals surface area contributed by atoms with Gasteiger partial charge in [-0.3, -0.25) is 9.59 Å². The van der Waals surface area contributed by atoms with Crippen molar-refractivity contribution in [1.82, 2.24) is 19.7 Å². The lowest BCUT2D eigenvalue weighted by molar-refractivity contribution is 0.0772. The number of hydrogen-bond donors (Lipinski definition) is 1. The minimum Gasteiger partial charge on any atom is -0.337 e. The van der Waals surface area contributed by atoms with E-state index < -0.39 is 0 Å². The molecule has 0 saturated carbocycles. The molecule has 0 unspecified atom stereocenters. The van der Waals surface area contributed by atoms with E-state index in [2.05, 4.69) is 15.4 Å². The number of rotatable bonds is 4. The maximum absolute atomic E-state index is 12.8. The van der Waals surface area contributed by atoms with Gasteiger partial charge in [0.2, 0.25) is 0 Å². The van der Waals surface area contributed by atoms with Crippen LogP contribution in [-0.2, 0) is 0 Å². The fourth-order valence-corrected chi connectivity index (χ4v) is 4.32. The number of aryl methyl sites for hydroxylation is 1. The van der Waals surface area contributed by atoms with Crippen LogP contribution in [0.25, 0.3) is 5.82 Å². The summed E-state index contributed by atoms with van der Waals surface area (Å²) in [4.78, 5) is 31.7. The van der Waals surface area contributed by atoms with Crippen molar-refractivity contribution in [1.29, 1.82) is 0 Å². The maximum atomic E-state index is 12.8. The van der Waals surface area contributed by atoms with Crippen molar-refractivity contribution in [3.05, 3.63) is 71.2 Å². The van der Waals surface area contributed by atoms with Crippen LogP contribution in [0.15, 0.2) is 48.8 Å². The van der Waals surface area contributed by atoms with E-state index in [1.54, 1.807) is 29.2 Å². The Hall–Kier alpha value is -3.13. The molecule has 8 heteroatoms. The molecule has 30 heavy (non-hydrogen) atoms. The first-order valence-electron chi connectivity index (χ1n) is 9.79. The molecule has 1 N–H and O–H groups in total. The fraction of sp³-hybridized carbons (Fsp3) is 0.273. The first-order chi connectivity index (χ1) is 14.5. The summed E-state index contributed by atoms with van der Waals surface area (Å²) in [6, 6.07) is 10.9. The van der Waals surface area contributed by atoms with Gasteiger partial charge in [-0.05, 0) is 49.7 Å². The van der Waals surface area contributed by atoms with E-state index >= 15 is 0 Å². The Bertz CT molecular complexity index is 1070. The van der Waals surface area contributed by atoms with Crippen molar-refractivity contribution in [3.8, 4) is 5.82 Å². The topological polar surface area (TPSA) is 80.1 Å². The zero-order chi connectivity index (χ0) is 21.1. The highest BCUT2D eigenvalue weighted by atomic mass is 32.2. The molecule has 0 aliphatic carbocycles. The van der Waals surface area contributed by atoms with E-state index in [-0.39, 0.29) is 11.8 Å². The first kappa shape index (κ1) is 20.2. The van der Waals surface area contributed by atoms with Gasteiger partial charge in [0, 0.05) is 42.0 Å². The Morgan fingerprint density at radius 3 is 2.60 bits per heavy atom. The number of nitrogens with one attached hydrogen (secondary N) is 1. The van der Waals surface area contributed by atoms with E-state index in [4.69, 9.17) is 0 Å². The molecule has 2 amide bonds. The molecular formula is C22H23N5O2S. The van der Waals surface area contributed by atoms with Crippen LogP contribution in [0.2, 0.25) is 0 Å². The maximum Gasteiger partial charge on any atom is 0.259 e. The highest BCUT2D eigenvalue weighted by Crippen LogP contribution is 2.21. The second-order valence-electron chi connectivity index (χ2n) is 7.13. The van der Waals surface area contributed by atoms with Crippen LogP contribution in [0.4, 0.5) is 5.69 Å². The molecule has 3 aromatic rings. The van der Waals surface area contributed by atoms with Crippen molar-refractivity contribution < 1.29 is 9.59 Å². The van der Waals surface area contributed by atoms with Gasteiger partial charge in [0.05, 0.1) is 17.5 Å². The summed E-state index contributed by atoms with van der Waals surface area (Å²) in [5, 5.41) is 7.24. The molecule has 1 aromatic carbocycles. The van der Waals surface area contributed by atoms with Crippen molar-refractivity contribution >= 4 is 29.3 Å². The average Bonchev–Trinajstić information content (AvgIpc) is 3.17. The molecule has 0 atom stereocenters. The Balaban J connectivity index is 1.50. The van der Waals surface area contributed by atoms with Gasteiger partial charge >= 0.3 is 0 Å². The van der Waals surface area contributed by atoms with Gasteiger partial charge in [0.25, 0.3) is 11.8 Å². The van der Waals surface area contributed by atoms with Crippen LogP contribution >= 0.6 is 11.8 Å². The van der Waals surface area contributed by atoms with Gasteiger partial charge < -0.3 is 10.2 Å². The van der Waals surface area contributed by atoms with Crippen LogP contribution in [0.1, 0.15) is 32.0 Å². The third-order valence-corrected chi connectivity index (χ3v) is 6.08. The van der Waals surface area contributed by atoms with E-state index in [9.17, 15) is 9.59 Å². The summed E-state index contributed by atoms with van der Waals surface area (Å²) >= 11 is 1.87. The Morgan fingerprint density at radius 2 is 1.90 bits per heavy atom. The minimum atomic E-state index is -0.245. The summed E-state index contributed by atoms with van der Waals surface area (Å²) in [6.07, 6.45) is 3.23. The second-order valence-corrected chi connectivity index (χ2v) is 8.36. The van der Waals surface area contributed by atoms with Crippen molar-refractivity contribution in [2.24, 2.45) is 0 Å². The summed E-state index contributed by atoms with van der Waals surface area (Å²) in [7, 11) is 0. The van der Waals surface area contributed by atoms with Crippen LogP contribution in [0, 0.1) is 13.8 Å². The molecule has 1 aliphatic rings. The van der Waals surface area contributed by atoms with Crippen LogP contribution < -0.4 is 5.32 Å². The quantitative estimate of drug-likeness (QED) is 0.699. The number of aromatic nitrogens is 3. The molecule has 0 radical (unpaired) electrons. The van der Waals surface area contributed by atoms with E-state index in [1.807, 2.05) is 54.8 Å². The minimum absolute atomic E-state index is 0.0451. The van der Waals surface area contributed by atoms with Crippen molar-refractivity contribution in [3.63, 3.8) is 0 Å². The summed E-state index contributed by atoms with van der Waals surface area (Å²) < 4.78 is 1.64. The van der Waals surface area contributed by atoms with Gasteiger partial charge in [-0.15, -0.1) is 0 Å². The molecule has 4 rings (SSSR count). The Morgan fingerprint density at radius 1 is 1.10 bits per heavy atom. The number of carbonyl (C=O) groups is 2. The summed E-state index contributed by atoms with van der Waals surface area (Å²) in [5.74, 6) is 2.41. The second kappa shape index (κ2) is 8.71. The number of thioether (sulfide) groups is 1. The molecular weight excluding hydrogens is 398 g/mol. The molecule has 3 heterocycles. The number of amides is 2. The first-order valence-corrected chi connectivity index (χ1v) is 10.9. The molecule has 0 spiro atoms. The molecule has 2 aromatic heterocycles. The van der Waals surface area contributed by atoms with Crippen LogP contribution in [0.3, 0.4) is 0 Å². The van der Waals surface area contributed by atoms with E-state index in [0.29, 0.717) is 28.3 Å². The Kier molecular flexibility index (Phi) is 5.85. The number of anilines is 1. The third kappa shape index (κ3) is 4.09. The SMILES string of the molecule is Cc1cc(C(=O)N2CCSCC2)ccc1NC(=O)c1cnn(-c2ccccn2)c1C. The van der Waals surface area contributed by atoms with Crippen LogP contribution in [0.5, 0.6) is 0 Å². The number of benzene rings is 1. The van der Waals surface area contributed by atoms with Gasteiger partial charge in [0.1, 0.15) is 0 Å². The van der Waals surface area contributed by atoms with Gasteiger partial charge in [-0.1, -0.05) is 6.07 Å². The molecule has 154 valence electrons. The molecule has 1 fully saturated rings. The fourth-order valence-electron chi connectivity index (χ4n) is 3.42. The van der Waals surface area contributed by atoms with Crippen molar-refractivity contribution in [2.45, 2.75) is 13.8 Å². The number of hydrogen-bond acceptors (Lipinski definition) is 5. The molecule has 0 bridgehead atoms. The monoisotopic (exact) mass is 421 g/mol. The molecule has 1 aliphatic heterocycles. The molecule has 1 saturated heterocycles. The standard InChI is InChI=1S/C22H23N5O2S/c1-15-13-17(22(29)26-9-11-30-12-10-26)6-7-19(15)25-21(28)18-14-24-27(16(18)2)20-5-3-4-8-23-20/h3-8,13-14H,9-12H2,1-2H3,(H,25,28). The lowest BCUT2D eigenvalue weighted by Crippen LogP contribution is -2.37. The summed E-state index contributed by atoms with van der Waals surface area (Å²) in [5.41, 5.74) is 3.35. The van der Waals surface area contributed by atoms with Crippen molar-refractivity contribution in [2.75, 3.05) is 29.9 Å². The lowest BCUT2D eigenvalue weighted by atomic mass is 10.1.